The lowest BCUT2D eigenvalue weighted by molar-refractivity contribution is 0.248. The second-order valence-electron chi connectivity index (χ2n) is 4.92. The number of rotatable bonds is 5. The Morgan fingerprint density at radius 3 is 2.68 bits per heavy atom. The number of carbonyl (C=O) groups excluding carboxylic acids is 1. The molecule has 0 aliphatic rings. The first-order chi connectivity index (χ1) is 10.7. The average Bonchev–Trinajstić information content (AvgIpc) is 2.52. The van der Waals surface area contributed by atoms with Crippen LogP contribution >= 0.6 is 0 Å². The van der Waals surface area contributed by atoms with Crippen LogP contribution in [0.5, 0.6) is 0 Å². The first kappa shape index (κ1) is 15.5. The van der Waals surface area contributed by atoms with Crippen molar-refractivity contribution in [1.82, 2.24) is 10.3 Å². The van der Waals surface area contributed by atoms with Crippen molar-refractivity contribution < 1.29 is 4.79 Å². The van der Waals surface area contributed by atoms with Crippen molar-refractivity contribution in [2.75, 3.05) is 5.32 Å². The van der Waals surface area contributed by atoms with Crippen molar-refractivity contribution in [1.29, 1.82) is 5.26 Å². The minimum Gasteiger partial charge on any atom is -0.331 e. The normalized spacial score (nSPS) is 11.3. The lowest BCUT2D eigenvalue weighted by Crippen LogP contribution is -2.32. The number of nitrogens with one attached hydrogen (secondary N) is 2. The number of aryl methyl sites for hydroxylation is 1. The van der Waals surface area contributed by atoms with Crippen molar-refractivity contribution in [3.8, 4) is 6.07 Å². The van der Waals surface area contributed by atoms with Crippen molar-refractivity contribution >= 4 is 11.8 Å². The molecule has 0 spiro atoms. The molecule has 1 aromatic carbocycles. The maximum absolute atomic E-state index is 12.1. The number of anilines is 1. The number of pyridine rings is 1. The van der Waals surface area contributed by atoms with E-state index in [2.05, 4.69) is 21.7 Å². The number of nitriles is 1. The van der Waals surface area contributed by atoms with Gasteiger partial charge < -0.3 is 5.32 Å². The van der Waals surface area contributed by atoms with E-state index in [1.54, 1.807) is 6.07 Å². The number of hydrogen-bond acceptors (Lipinski definition) is 3. The Balaban J connectivity index is 2.03. The third-order valence-corrected chi connectivity index (χ3v) is 3.18. The van der Waals surface area contributed by atoms with Gasteiger partial charge in [-0.05, 0) is 31.0 Å². The van der Waals surface area contributed by atoms with Gasteiger partial charge in [-0.15, -0.1) is 0 Å². The lowest BCUT2D eigenvalue weighted by Gasteiger charge is -2.18. The summed E-state index contributed by atoms with van der Waals surface area (Å²) in [5.41, 5.74) is 1.81. The van der Waals surface area contributed by atoms with Crippen LogP contribution in [0.3, 0.4) is 0 Å². The molecule has 0 bridgehead atoms. The van der Waals surface area contributed by atoms with Crippen LogP contribution in [-0.4, -0.2) is 11.0 Å². The summed E-state index contributed by atoms with van der Waals surface area (Å²) in [7, 11) is 0. The molecule has 0 saturated carbocycles. The Hall–Kier alpha value is -2.87. The summed E-state index contributed by atoms with van der Waals surface area (Å²) in [5.74, 6) is 0.504. The highest BCUT2D eigenvalue weighted by Gasteiger charge is 2.14. The van der Waals surface area contributed by atoms with Crippen LogP contribution in [0.15, 0.2) is 48.5 Å². The Morgan fingerprint density at radius 2 is 2.00 bits per heavy atom. The fourth-order valence-corrected chi connectivity index (χ4v) is 2.14. The minimum atomic E-state index is -0.329. The maximum atomic E-state index is 12.1. The molecule has 112 valence electrons. The van der Waals surface area contributed by atoms with Crippen molar-refractivity contribution in [2.24, 2.45) is 0 Å². The highest BCUT2D eigenvalue weighted by atomic mass is 16.2. The molecule has 2 N–H and O–H groups in total. The molecule has 5 nitrogen and oxygen atoms in total. The number of hydrogen-bond donors (Lipinski definition) is 2. The van der Waals surface area contributed by atoms with Gasteiger partial charge in [0.15, 0.2) is 0 Å². The van der Waals surface area contributed by atoms with Gasteiger partial charge in [0, 0.05) is 12.1 Å². The van der Waals surface area contributed by atoms with Crippen LogP contribution in [0.1, 0.15) is 30.1 Å². The van der Waals surface area contributed by atoms with Crippen LogP contribution in [-0.2, 0) is 0 Å². The molecule has 2 rings (SSSR count). The largest absolute Gasteiger partial charge is 0.331 e. The van der Waals surface area contributed by atoms with E-state index < -0.39 is 0 Å². The zero-order valence-electron chi connectivity index (χ0n) is 12.4. The predicted octanol–water partition coefficient (Wildman–Crippen LogP) is 3.56. The Bertz CT molecular complexity index is 664. The molecule has 1 aromatic heterocycles. The summed E-state index contributed by atoms with van der Waals surface area (Å²) in [5, 5.41) is 14.4. The summed E-state index contributed by atoms with van der Waals surface area (Å²) in [6, 6.07) is 16.6. The number of amides is 2. The van der Waals surface area contributed by atoms with E-state index in [0.29, 0.717) is 18.7 Å². The van der Waals surface area contributed by atoms with Crippen LogP contribution < -0.4 is 10.6 Å². The molecule has 0 aliphatic heterocycles. The zero-order chi connectivity index (χ0) is 15.8. The standard InChI is InChI=1S/C17H18N4O/c1-13-7-5-11-16(19-13)21-17(22)20-15(10-6-12-18)14-8-3-2-4-9-14/h2-5,7-9,11,15H,6,10H2,1H3,(H2,19,20,21,22)/t15-/m1/s1. The quantitative estimate of drug-likeness (QED) is 0.885. The van der Waals surface area contributed by atoms with E-state index in [0.717, 1.165) is 11.3 Å². The molecule has 0 unspecified atom stereocenters. The van der Waals surface area contributed by atoms with Crippen LogP contribution in [0, 0.1) is 18.3 Å². The molecular weight excluding hydrogens is 276 g/mol. The average molecular weight is 294 g/mol. The summed E-state index contributed by atoms with van der Waals surface area (Å²) in [4.78, 5) is 16.4. The van der Waals surface area contributed by atoms with Crippen LogP contribution in [0.4, 0.5) is 10.6 Å². The van der Waals surface area contributed by atoms with Gasteiger partial charge >= 0.3 is 6.03 Å². The number of urea groups is 1. The summed E-state index contributed by atoms with van der Waals surface area (Å²) >= 11 is 0. The van der Waals surface area contributed by atoms with Crippen molar-refractivity contribution in [3.05, 3.63) is 59.8 Å². The smallest absolute Gasteiger partial charge is 0.320 e. The first-order valence-electron chi connectivity index (χ1n) is 7.12. The van der Waals surface area contributed by atoms with Gasteiger partial charge in [-0.25, -0.2) is 9.78 Å². The number of aromatic nitrogens is 1. The summed E-state index contributed by atoms with van der Waals surface area (Å²) < 4.78 is 0. The molecule has 0 radical (unpaired) electrons. The second-order valence-corrected chi connectivity index (χ2v) is 4.92. The molecule has 2 amide bonds. The van der Waals surface area contributed by atoms with Crippen LogP contribution in [0.2, 0.25) is 0 Å². The van der Waals surface area contributed by atoms with Gasteiger partial charge in [-0.3, -0.25) is 5.32 Å². The minimum absolute atomic E-state index is 0.203. The topological polar surface area (TPSA) is 77.8 Å². The Labute approximate surface area is 130 Å². The summed E-state index contributed by atoms with van der Waals surface area (Å²) in [6.45, 7) is 1.86. The van der Waals surface area contributed by atoms with E-state index in [1.807, 2.05) is 49.4 Å². The highest BCUT2D eigenvalue weighted by molar-refractivity contribution is 5.88. The van der Waals surface area contributed by atoms with E-state index >= 15 is 0 Å². The Kier molecular flexibility index (Phi) is 5.50. The molecule has 0 saturated heterocycles. The monoisotopic (exact) mass is 294 g/mol. The molecule has 2 aromatic rings. The molecule has 0 aliphatic carbocycles. The molecule has 1 atom stereocenters. The third kappa shape index (κ3) is 4.60. The van der Waals surface area contributed by atoms with E-state index in [9.17, 15) is 4.79 Å². The van der Waals surface area contributed by atoms with Crippen molar-refractivity contribution in [3.63, 3.8) is 0 Å². The van der Waals surface area contributed by atoms with Gasteiger partial charge in [0.05, 0.1) is 12.1 Å². The highest BCUT2D eigenvalue weighted by Crippen LogP contribution is 2.18. The van der Waals surface area contributed by atoms with Gasteiger partial charge in [0.1, 0.15) is 5.82 Å². The Morgan fingerprint density at radius 1 is 1.23 bits per heavy atom. The van der Waals surface area contributed by atoms with Gasteiger partial charge in [-0.2, -0.15) is 5.26 Å². The first-order valence-corrected chi connectivity index (χ1v) is 7.12. The van der Waals surface area contributed by atoms with Crippen molar-refractivity contribution in [2.45, 2.75) is 25.8 Å². The maximum Gasteiger partial charge on any atom is 0.320 e. The zero-order valence-corrected chi connectivity index (χ0v) is 12.4. The molecule has 0 fully saturated rings. The SMILES string of the molecule is Cc1cccc(NC(=O)N[C@H](CCC#N)c2ccccc2)n1. The van der Waals surface area contributed by atoms with E-state index in [-0.39, 0.29) is 12.1 Å². The van der Waals surface area contributed by atoms with Gasteiger partial charge in [0.2, 0.25) is 0 Å². The fourth-order valence-electron chi connectivity index (χ4n) is 2.14. The summed E-state index contributed by atoms with van der Waals surface area (Å²) in [6.07, 6.45) is 0.942. The molecule has 22 heavy (non-hydrogen) atoms. The molecular formula is C17H18N4O. The fraction of sp³-hybridized carbons (Fsp3) is 0.235. The van der Waals surface area contributed by atoms with Gasteiger partial charge in [-0.1, -0.05) is 36.4 Å². The molecule has 1 heterocycles. The van der Waals surface area contributed by atoms with E-state index in [1.165, 1.54) is 0 Å². The number of carbonyl (C=O) groups is 1. The predicted molar refractivity (Wildman–Crippen MR) is 85.2 cm³/mol. The van der Waals surface area contributed by atoms with E-state index in [4.69, 9.17) is 5.26 Å². The third-order valence-electron chi connectivity index (χ3n) is 3.18. The molecule has 5 heteroatoms. The second kappa shape index (κ2) is 7.79. The number of nitrogens with zero attached hydrogens (tertiary/aromatic N) is 2. The van der Waals surface area contributed by atoms with Gasteiger partial charge in [0.25, 0.3) is 0 Å². The lowest BCUT2D eigenvalue weighted by atomic mass is 10.0. The number of benzene rings is 1. The van der Waals surface area contributed by atoms with Crippen LogP contribution in [0.25, 0.3) is 0 Å².